The monoisotopic (exact) mass is 202 g/mol. The number of nitrogens with one attached hydrogen (secondary N) is 2. The lowest BCUT2D eigenvalue weighted by molar-refractivity contribution is 0.881. The molecule has 0 aliphatic rings. The molecule has 0 amide bonds. The maximum Gasteiger partial charge on any atom is 0.193 e. The average molecular weight is 202 g/mol. The second kappa shape index (κ2) is 4.10. The minimum absolute atomic E-state index is 0.237. The number of aromatic nitrogens is 6. The summed E-state index contributed by atoms with van der Waals surface area (Å²) in [5.74, 6) is 0.898. The summed E-state index contributed by atoms with van der Waals surface area (Å²) in [6.45, 7) is 0.337. The number of hydrogen-bond donors (Lipinski definition) is 2. The summed E-state index contributed by atoms with van der Waals surface area (Å²) in [4.78, 5) is 7.81. The van der Waals surface area contributed by atoms with Crippen LogP contribution in [0, 0.1) is 11.3 Å². The van der Waals surface area contributed by atoms with E-state index >= 15 is 0 Å². The Kier molecular flexibility index (Phi) is 2.46. The van der Waals surface area contributed by atoms with Crippen LogP contribution in [0.5, 0.6) is 0 Å². The summed E-state index contributed by atoms with van der Waals surface area (Å²) in [6, 6.07) is 1.93. The molecule has 0 radical (unpaired) electrons. The largest absolute Gasteiger partial charge is 0.360 e. The van der Waals surface area contributed by atoms with E-state index in [0.717, 1.165) is 0 Å². The zero-order valence-corrected chi connectivity index (χ0v) is 7.55. The van der Waals surface area contributed by atoms with Crippen LogP contribution in [0.1, 0.15) is 11.5 Å². The van der Waals surface area contributed by atoms with E-state index in [1.807, 2.05) is 6.07 Å². The Bertz CT molecular complexity index is 470. The zero-order chi connectivity index (χ0) is 10.5. The Hall–Kier alpha value is -2.56. The maximum atomic E-state index is 8.73. The molecule has 0 aromatic carbocycles. The fourth-order valence-corrected chi connectivity index (χ4v) is 0.969. The summed E-state index contributed by atoms with van der Waals surface area (Å²) in [5, 5.41) is 24.8. The second-order valence-electron chi connectivity index (χ2n) is 2.55. The number of nitriles is 1. The van der Waals surface area contributed by atoms with Crippen molar-refractivity contribution in [1.29, 1.82) is 5.26 Å². The predicted molar refractivity (Wildman–Crippen MR) is 48.3 cm³/mol. The first-order chi connectivity index (χ1) is 7.40. The number of anilines is 1. The van der Waals surface area contributed by atoms with Gasteiger partial charge >= 0.3 is 0 Å². The van der Waals surface area contributed by atoms with E-state index in [2.05, 4.69) is 35.9 Å². The Morgan fingerprint density at radius 2 is 2.27 bits per heavy atom. The minimum Gasteiger partial charge on any atom is -0.360 e. The summed E-state index contributed by atoms with van der Waals surface area (Å²) in [6.07, 6.45) is 2.96. The van der Waals surface area contributed by atoms with Crippen molar-refractivity contribution in [2.75, 3.05) is 5.32 Å². The van der Waals surface area contributed by atoms with Crippen molar-refractivity contribution in [1.82, 2.24) is 30.6 Å². The van der Waals surface area contributed by atoms with Crippen LogP contribution in [-0.2, 0) is 6.54 Å². The van der Waals surface area contributed by atoms with E-state index < -0.39 is 0 Å². The molecule has 0 spiro atoms. The van der Waals surface area contributed by atoms with E-state index in [0.29, 0.717) is 18.2 Å². The van der Waals surface area contributed by atoms with Crippen molar-refractivity contribution < 1.29 is 0 Å². The molecule has 2 N–H and O–H groups in total. The lowest BCUT2D eigenvalue weighted by Gasteiger charge is -2.02. The molecule has 74 valence electrons. The van der Waals surface area contributed by atoms with Crippen LogP contribution in [0.4, 0.5) is 5.82 Å². The van der Waals surface area contributed by atoms with E-state index in [9.17, 15) is 0 Å². The third-order valence-corrected chi connectivity index (χ3v) is 1.61. The van der Waals surface area contributed by atoms with Gasteiger partial charge in [-0.2, -0.15) is 10.5 Å². The molecule has 2 aromatic heterocycles. The van der Waals surface area contributed by atoms with Gasteiger partial charge in [0.15, 0.2) is 17.3 Å². The van der Waals surface area contributed by atoms with E-state index in [4.69, 9.17) is 5.26 Å². The molecule has 0 fully saturated rings. The number of nitrogens with zero attached hydrogens (tertiary/aromatic N) is 6. The fraction of sp³-hybridized carbons (Fsp3) is 0.143. The molecule has 8 heteroatoms. The molecular formula is C7H6N8. The topological polar surface area (TPSA) is 116 Å². The first kappa shape index (κ1) is 9.01. The Morgan fingerprint density at radius 3 is 3.00 bits per heavy atom. The van der Waals surface area contributed by atoms with E-state index in [1.54, 1.807) is 0 Å². The molecule has 2 aromatic rings. The van der Waals surface area contributed by atoms with Gasteiger partial charge in [0.2, 0.25) is 0 Å². The van der Waals surface area contributed by atoms with Crippen molar-refractivity contribution in [3.63, 3.8) is 0 Å². The first-order valence-electron chi connectivity index (χ1n) is 4.07. The highest BCUT2D eigenvalue weighted by molar-refractivity contribution is 5.46. The van der Waals surface area contributed by atoms with Crippen LogP contribution in [0.15, 0.2) is 12.4 Å². The van der Waals surface area contributed by atoms with Crippen molar-refractivity contribution >= 4 is 5.82 Å². The highest BCUT2D eigenvalue weighted by Gasteiger charge is 2.04. The average Bonchev–Trinajstić information content (AvgIpc) is 2.79. The lowest BCUT2D eigenvalue weighted by Crippen LogP contribution is -2.05. The molecule has 0 bridgehead atoms. The van der Waals surface area contributed by atoms with Gasteiger partial charge < -0.3 is 5.32 Å². The van der Waals surface area contributed by atoms with Crippen molar-refractivity contribution in [2.45, 2.75) is 6.54 Å². The van der Waals surface area contributed by atoms with E-state index in [1.165, 1.54) is 12.4 Å². The van der Waals surface area contributed by atoms with Gasteiger partial charge in [0.05, 0.1) is 6.54 Å². The van der Waals surface area contributed by atoms with Gasteiger partial charge in [0.1, 0.15) is 6.07 Å². The third kappa shape index (κ3) is 2.02. The molecule has 0 atom stereocenters. The normalized spacial score (nSPS) is 9.53. The predicted octanol–water partition coefficient (Wildman–Crippen LogP) is -0.527. The van der Waals surface area contributed by atoms with Crippen LogP contribution in [0.3, 0.4) is 0 Å². The van der Waals surface area contributed by atoms with Gasteiger partial charge in [-0.1, -0.05) is 5.21 Å². The molecule has 8 nitrogen and oxygen atoms in total. The Morgan fingerprint density at radius 1 is 1.40 bits per heavy atom. The summed E-state index contributed by atoms with van der Waals surface area (Å²) < 4.78 is 0. The number of hydrogen-bond acceptors (Lipinski definition) is 7. The molecule has 2 rings (SSSR count). The molecule has 0 aliphatic heterocycles. The Balaban J connectivity index is 2.08. The molecule has 0 unspecified atom stereocenters. The van der Waals surface area contributed by atoms with Crippen molar-refractivity contribution in [3.8, 4) is 6.07 Å². The van der Waals surface area contributed by atoms with E-state index in [-0.39, 0.29) is 5.69 Å². The quantitative estimate of drug-likeness (QED) is 0.687. The molecule has 0 saturated heterocycles. The van der Waals surface area contributed by atoms with Gasteiger partial charge in [-0.25, -0.2) is 9.97 Å². The van der Waals surface area contributed by atoms with Gasteiger partial charge in [0.25, 0.3) is 0 Å². The van der Waals surface area contributed by atoms with Crippen LogP contribution < -0.4 is 5.32 Å². The Labute approximate surface area is 84.4 Å². The maximum absolute atomic E-state index is 8.73. The van der Waals surface area contributed by atoms with Crippen LogP contribution in [-0.4, -0.2) is 30.6 Å². The number of rotatable bonds is 3. The highest BCUT2D eigenvalue weighted by atomic mass is 15.5. The number of aromatic amines is 1. The lowest BCUT2D eigenvalue weighted by atomic mass is 10.4. The third-order valence-electron chi connectivity index (χ3n) is 1.61. The highest BCUT2D eigenvalue weighted by Crippen LogP contribution is 2.06. The second-order valence-corrected chi connectivity index (χ2v) is 2.55. The van der Waals surface area contributed by atoms with Crippen molar-refractivity contribution in [3.05, 3.63) is 23.9 Å². The van der Waals surface area contributed by atoms with Gasteiger partial charge in [-0.05, 0) is 0 Å². The SMILES string of the molecule is N#Cc1nccnc1NCc1nn[nH]n1. The molecule has 2 heterocycles. The van der Waals surface area contributed by atoms with Crippen LogP contribution in [0.25, 0.3) is 0 Å². The standard InChI is InChI=1S/C7H6N8/c8-3-5-7(10-2-1-9-5)11-4-6-12-14-15-13-6/h1-2H,4H2,(H,10,11)(H,12,13,14,15). The molecule has 0 aliphatic carbocycles. The minimum atomic E-state index is 0.237. The van der Waals surface area contributed by atoms with Crippen LogP contribution in [0.2, 0.25) is 0 Å². The molecule has 15 heavy (non-hydrogen) atoms. The number of H-pyrrole nitrogens is 1. The summed E-state index contributed by atoms with van der Waals surface area (Å²) in [5.41, 5.74) is 0.237. The van der Waals surface area contributed by atoms with Crippen molar-refractivity contribution in [2.24, 2.45) is 0 Å². The van der Waals surface area contributed by atoms with Gasteiger partial charge in [0, 0.05) is 12.4 Å². The molecule has 0 saturated carbocycles. The van der Waals surface area contributed by atoms with Crippen LogP contribution >= 0.6 is 0 Å². The van der Waals surface area contributed by atoms with Gasteiger partial charge in [-0.3, -0.25) is 0 Å². The smallest absolute Gasteiger partial charge is 0.193 e. The number of tetrazole rings is 1. The fourth-order valence-electron chi connectivity index (χ4n) is 0.969. The summed E-state index contributed by atoms with van der Waals surface area (Å²) in [7, 11) is 0. The van der Waals surface area contributed by atoms with Gasteiger partial charge in [-0.15, -0.1) is 10.2 Å². The molecular weight excluding hydrogens is 196 g/mol. The summed E-state index contributed by atoms with van der Waals surface area (Å²) >= 11 is 0. The first-order valence-corrected chi connectivity index (χ1v) is 4.07. The zero-order valence-electron chi connectivity index (χ0n) is 7.55.